The minimum Gasteiger partial charge on any atom is -0.497 e. The third-order valence-electron chi connectivity index (χ3n) is 3.06. The maximum atomic E-state index is 12.1. The second-order valence-corrected chi connectivity index (χ2v) is 5.56. The number of carbonyl (C=O) groups excluding carboxylic acids is 1. The largest absolute Gasteiger partial charge is 0.497 e. The second kappa shape index (κ2) is 8.88. The molecule has 0 aliphatic rings. The van der Waals surface area contributed by atoms with Crippen LogP contribution < -0.4 is 14.9 Å². The zero-order valence-electron chi connectivity index (χ0n) is 13.2. The van der Waals surface area contributed by atoms with Crippen molar-refractivity contribution in [2.75, 3.05) is 13.7 Å². The predicted octanol–water partition coefficient (Wildman–Crippen LogP) is 3.79. The van der Waals surface area contributed by atoms with Crippen molar-refractivity contribution < 1.29 is 14.3 Å². The van der Waals surface area contributed by atoms with Crippen LogP contribution in [0.25, 0.3) is 0 Å². The molecule has 0 saturated heterocycles. The van der Waals surface area contributed by atoms with Gasteiger partial charge in [-0.05, 0) is 42.5 Å². The number of rotatable bonds is 7. The summed E-state index contributed by atoms with van der Waals surface area (Å²) in [5, 5.41) is 3.97. The summed E-state index contributed by atoms with van der Waals surface area (Å²) in [5.74, 6) is 1.08. The molecular formula is C18H17BrN2O3. The van der Waals surface area contributed by atoms with Crippen LogP contribution >= 0.6 is 15.9 Å². The Morgan fingerprint density at radius 2 is 1.96 bits per heavy atom. The molecule has 2 rings (SSSR count). The molecule has 0 bridgehead atoms. The maximum Gasteiger partial charge on any atom is 0.271 e. The maximum absolute atomic E-state index is 12.1. The smallest absolute Gasteiger partial charge is 0.271 e. The molecule has 0 aliphatic heterocycles. The predicted molar refractivity (Wildman–Crippen MR) is 97.9 cm³/mol. The first kappa shape index (κ1) is 17.7. The quantitative estimate of drug-likeness (QED) is 0.445. The topological polar surface area (TPSA) is 59.9 Å². The Hall–Kier alpha value is -2.60. The molecule has 0 aromatic heterocycles. The van der Waals surface area contributed by atoms with Crippen molar-refractivity contribution in [2.24, 2.45) is 5.10 Å². The van der Waals surface area contributed by atoms with Crippen LogP contribution in [0.1, 0.15) is 15.9 Å². The highest BCUT2D eigenvalue weighted by Crippen LogP contribution is 2.20. The van der Waals surface area contributed by atoms with Crippen molar-refractivity contribution in [1.29, 1.82) is 0 Å². The first-order valence-electron chi connectivity index (χ1n) is 7.14. The van der Waals surface area contributed by atoms with Gasteiger partial charge in [-0.2, -0.15) is 5.10 Å². The molecular weight excluding hydrogens is 372 g/mol. The van der Waals surface area contributed by atoms with Gasteiger partial charge in [-0.15, -0.1) is 0 Å². The molecule has 0 fully saturated rings. The van der Waals surface area contributed by atoms with Crippen LogP contribution in [0.5, 0.6) is 11.5 Å². The average Bonchev–Trinajstić information content (AvgIpc) is 2.61. The van der Waals surface area contributed by atoms with Crippen LogP contribution in [0.2, 0.25) is 0 Å². The number of methoxy groups -OCH3 is 1. The zero-order chi connectivity index (χ0) is 17.4. The number of hydrogen-bond acceptors (Lipinski definition) is 4. The number of benzene rings is 2. The molecule has 0 unspecified atom stereocenters. The third kappa shape index (κ3) is 4.96. The van der Waals surface area contributed by atoms with Gasteiger partial charge in [-0.3, -0.25) is 4.79 Å². The second-order valence-electron chi connectivity index (χ2n) is 4.71. The van der Waals surface area contributed by atoms with Crippen molar-refractivity contribution >= 4 is 28.1 Å². The molecule has 0 aliphatic carbocycles. The average molecular weight is 389 g/mol. The highest BCUT2D eigenvalue weighted by molar-refractivity contribution is 9.10. The molecule has 124 valence electrons. The van der Waals surface area contributed by atoms with Gasteiger partial charge in [-0.25, -0.2) is 5.43 Å². The highest BCUT2D eigenvalue weighted by Gasteiger charge is 2.05. The van der Waals surface area contributed by atoms with E-state index in [0.717, 1.165) is 10.0 Å². The highest BCUT2D eigenvalue weighted by atomic mass is 79.9. The number of amides is 1. The van der Waals surface area contributed by atoms with E-state index >= 15 is 0 Å². The molecule has 0 radical (unpaired) electrons. The number of nitrogens with one attached hydrogen (secondary N) is 1. The number of hydrazone groups is 1. The third-order valence-corrected chi connectivity index (χ3v) is 3.78. The Bertz CT molecular complexity index is 742. The van der Waals surface area contributed by atoms with Crippen LogP contribution in [0.4, 0.5) is 0 Å². The van der Waals surface area contributed by atoms with Crippen molar-refractivity contribution in [1.82, 2.24) is 5.43 Å². The number of ether oxygens (including phenoxy) is 2. The van der Waals surface area contributed by atoms with Crippen molar-refractivity contribution in [3.05, 3.63) is 70.7 Å². The van der Waals surface area contributed by atoms with Crippen molar-refractivity contribution in [3.8, 4) is 11.5 Å². The lowest BCUT2D eigenvalue weighted by atomic mass is 10.2. The van der Waals surface area contributed by atoms with E-state index in [4.69, 9.17) is 9.47 Å². The van der Waals surface area contributed by atoms with Gasteiger partial charge >= 0.3 is 0 Å². The molecule has 2 aromatic carbocycles. The van der Waals surface area contributed by atoms with E-state index in [2.05, 4.69) is 33.0 Å². The summed E-state index contributed by atoms with van der Waals surface area (Å²) in [6.45, 7) is 4.00. The van der Waals surface area contributed by atoms with E-state index in [1.165, 1.54) is 0 Å². The fraction of sp³-hybridized carbons (Fsp3) is 0.111. The lowest BCUT2D eigenvalue weighted by Crippen LogP contribution is -2.17. The van der Waals surface area contributed by atoms with Crippen LogP contribution in [-0.2, 0) is 0 Å². The Morgan fingerprint density at radius 3 is 2.62 bits per heavy atom. The van der Waals surface area contributed by atoms with Gasteiger partial charge in [0.05, 0.1) is 13.3 Å². The minimum atomic E-state index is -0.305. The molecule has 24 heavy (non-hydrogen) atoms. The Kier molecular flexibility index (Phi) is 6.57. The number of halogens is 1. The van der Waals surface area contributed by atoms with Crippen molar-refractivity contribution in [2.45, 2.75) is 0 Å². The Balaban J connectivity index is 1.98. The summed E-state index contributed by atoms with van der Waals surface area (Å²) in [6, 6.07) is 12.3. The van der Waals surface area contributed by atoms with E-state index in [1.54, 1.807) is 43.7 Å². The normalized spacial score (nSPS) is 10.4. The van der Waals surface area contributed by atoms with Crippen LogP contribution in [0, 0.1) is 0 Å². The van der Waals surface area contributed by atoms with Crippen LogP contribution in [-0.4, -0.2) is 25.8 Å². The summed E-state index contributed by atoms with van der Waals surface area (Å²) in [4.78, 5) is 12.1. The first-order valence-corrected chi connectivity index (χ1v) is 7.94. The molecule has 2 aromatic rings. The van der Waals surface area contributed by atoms with E-state index in [0.29, 0.717) is 23.7 Å². The lowest BCUT2D eigenvalue weighted by molar-refractivity contribution is 0.0955. The summed E-state index contributed by atoms with van der Waals surface area (Å²) < 4.78 is 11.4. The lowest BCUT2D eigenvalue weighted by Gasteiger charge is -2.05. The fourth-order valence-corrected chi connectivity index (χ4v) is 2.18. The fourth-order valence-electron chi connectivity index (χ4n) is 1.83. The van der Waals surface area contributed by atoms with E-state index in [9.17, 15) is 4.79 Å². The summed E-state index contributed by atoms with van der Waals surface area (Å²) in [6.07, 6.45) is 3.21. The standard InChI is InChI=1S/C18H17BrN2O3/c1-3-10-24-15-6-4-13(5-7-15)18(22)21-20-12-14-11-16(23-2)8-9-17(14)19/h3-9,11-12H,1,10H2,2H3,(H,21,22)/b20-12+. The minimum absolute atomic E-state index is 0.305. The van der Waals surface area contributed by atoms with Gasteiger partial charge in [0.25, 0.3) is 5.91 Å². The number of carbonyl (C=O) groups is 1. The van der Waals surface area contributed by atoms with E-state index in [-0.39, 0.29) is 5.91 Å². The van der Waals surface area contributed by atoms with Gasteiger partial charge < -0.3 is 9.47 Å². The molecule has 1 N–H and O–H groups in total. The SMILES string of the molecule is C=CCOc1ccc(C(=O)N/N=C/c2cc(OC)ccc2Br)cc1. The first-order chi connectivity index (χ1) is 11.6. The molecule has 0 atom stereocenters. The molecule has 1 amide bonds. The number of hydrogen-bond donors (Lipinski definition) is 1. The van der Waals surface area contributed by atoms with Crippen molar-refractivity contribution in [3.63, 3.8) is 0 Å². The molecule has 0 spiro atoms. The molecule has 0 heterocycles. The van der Waals surface area contributed by atoms with E-state index < -0.39 is 0 Å². The van der Waals surface area contributed by atoms with Gasteiger partial charge in [0.2, 0.25) is 0 Å². The van der Waals surface area contributed by atoms with Crippen LogP contribution in [0.3, 0.4) is 0 Å². The number of nitrogens with zero attached hydrogens (tertiary/aromatic N) is 1. The van der Waals surface area contributed by atoms with Gasteiger partial charge in [-0.1, -0.05) is 28.6 Å². The van der Waals surface area contributed by atoms with Gasteiger partial charge in [0, 0.05) is 15.6 Å². The van der Waals surface area contributed by atoms with E-state index in [1.807, 2.05) is 18.2 Å². The summed E-state index contributed by atoms with van der Waals surface area (Å²) >= 11 is 3.42. The Morgan fingerprint density at radius 1 is 1.25 bits per heavy atom. The van der Waals surface area contributed by atoms with Crippen LogP contribution in [0.15, 0.2) is 64.7 Å². The monoisotopic (exact) mass is 388 g/mol. The van der Waals surface area contributed by atoms with Gasteiger partial charge in [0.15, 0.2) is 0 Å². The van der Waals surface area contributed by atoms with Gasteiger partial charge in [0.1, 0.15) is 18.1 Å². The summed E-state index contributed by atoms with van der Waals surface area (Å²) in [5.41, 5.74) is 3.77. The molecule has 5 nitrogen and oxygen atoms in total. The zero-order valence-corrected chi connectivity index (χ0v) is 14.7. The molecule has 0 saturated carbocycles. The molecule has 6 heteroatoms. The summed E-state index contributed by atoms with van der Waals surface area (Å²) in [7, 11) is 1.59. The Labute approximate surface area is 149 Å².